The number of halogens is 2. The monoisotopic (exact) mass is 527 g/mol. The summed E-state index contributed by atoms with van der Waals surface area (Å²) in [6.07, 6.45) is 2.46. The highest BCUT2D eigenvalue weighted by Gasteiger charge is 2.15. The first-order valence-electron chi connectivity index (χ1n) is 9.19. The van der Waals surface area contributed by atoms with Gasteiger partial charge in [-0.3, -0.25) is 4.99 Å². The Kier molecular flexibility index (Phi) is 4.75. The molecule has 0 atom stereocenters. The molecule has 30 heavy (non-hydrogen) atoms. The Hall–Kier alpha value is -2.84. The molecule has 0 radical (unpaired) electrons. The Morgan fingerprint density at radius 3 is 2.80 bits per heavy atom. The van der Waals surface area contributed by atoms with E-state index in [1.54, 1.807) is 12.3 Å². The molecule has 0 spiro atoms. The van der Waals surface area contributed by atoms with Gasteiger partial charge >= 0.3 is 0 Å². The molecule has 0 bridgehead atoms. The Morgan fingerprint density at radius 1 is 1.07 bits per heavy atom. The fraction of sp³-hybridized carbons (Fsp3) is 0.0909. The number of hydrogen-bond donors (Lipinski definition) is 3. The van der Waals surface area contributed by atoms with Crippen molar-refractivity contribution in [2.45, 2.75) is 6.42 Å². The van der Waals surface area contributed by atoms with Gasteiger partial charge < -0.3 is 19.9 Å². The minimum absolute atomic E-state index is 0.0609. The number of phenols is 2. The van der Waals surface area contributed by atoms with Gasteiger partial charge in [-0.15, -0.1) is 0 Å². The number of aromatic amines is 1. The number of nitrogens with one attached hydrogen (secondary N) is 1. The number of rotatable bonds is 3. The summed E-state index contributed by atoms with van der Waals surface area (Å²) in [6.45, 7) is 0.726. The van der Waals surface area contributed by atoms with Crippen molar-refractivity contribution in [3.63, 3.8) is 0 Å². The zero-order valence-electron chi connectivity index (χ0n) is 15.5. The quantitative estimate of drug-likeness (QED) is 0.291. The first-order chi connectivity index (χ1) is 14.5. The summed E-state index contributed by atoms with van der Waals surface area (Å²) >= 11 is 6.43. The van der Waals surface area contributed by atoms with Crippen molar-refractivity contribution in [2.75, 3.05) is 6.61 Å². The van der Waals surface area contributed by atoms with Crippen LogP contribution in [0.2, 0.25) is 0 Å². The molecule has 1 aliphatic rings. The van der Waals surface area contributed by atoms with E-state index >= 15 is 0 Å². The minimum atomic E-state index is -0.0788. The number of H-pyrrole nitrogens is 1. The maximum absolute atomic E-state index is 10.2. The van der Waals surface area contributed by atoms with Crippen molar-refractivity contribution in [3.05, 3.63) is 62.5 Å². The van der Waals surface area contributed by atoms with Crippen LogP contribution >= 0.6 is 31.9 Å². The van der Waals surface area contributed by atoms with Gasteiger partial charge in [0.05, 0.1) is 27.8 Å². The zero-order valence-corrected chi connectivity index (χ0v) is 18.7. The van der Waals surface area contributed by atoms with Crippen LogP contribution in [0.3, 0.4) is 0 Å². The average molecular weight is 529 g/mol. The van der Waals surface area contributed by atoms with Gasteiger partial charge in [0.2, 0.25) is 0 Å². The predicted octanol–water partition coefficient (Wildman–Crippen LogP) is 5.85. The molecule has 6 nitrogen and oxygen atoms in total. The molecule has 3 aromatic carbocycles. The molecule has 0 saturated carbocycles. The van der Waals surface area contributed by atoms with Gasteiger partial charge in [0.1, 0.15) is 27.5 Å². The first kappa shape index (κ1) is 19.1. The molecule has 1 aliphatic heterocycles. The lowest BCUT2D eigenvalue weighted by Crippen LogP contribution is -1.85. The third-order valence-electron chi connectivity index (χ3n) is 4.98. The molecule has 1 aromatic heterocycles. The first-order valence-corrected chi connectivity index (χ1v) is 10.8. The van der Waals surface area contributed by atoms with Gasteiger partial charge in [-0.05, 0) is 79.9 Å². The summed E-state index contributed by atoms with van der Waals surface area (Å²) < 4.78 is 6.25. The van der Waals surface area contributed by atoms with Gasteiger partial charge in [-0.1, -0.05) is 0 Å². The average Bonchev–Trinajstić information content (AvgIpc) is 3.39. The van der Waals surface area contributed by atoms with E-state index in [1.807, 2.05) is 30.3 Å². The summed E-state index contributed by atoms with van der Waals surface area (Å²) in [5, 5.41) is 20.1. The maximum atomic E-state index is 10.2. The molecular weight excluding hydrogens is 514 g/mol. The summed E-state index contributed by atoms with van der Waals surface area (Å²) in [6, 6.07) is 13.4. The third kappa shape index (κ3) is 3.36. The van der Waals surface area contributed by atoms with Crippen LogP contribution in [-0.2, 0) is 6.42 Å². The number of aromatic nitrogens is 2. The second-order valence-corrected chi connectivity index (χ2v) is 8.57. The van der Waals surface area contributed by atoms with Gasteiger partial charge in [0.15, 0.2) is 0 Å². The van der Waals surface area contributed by atoms with E-state index in [9.17, 15) is 10.2 Å². The molecule has 2 heterocycles. The van der Waals surface area contributed by atoms with Crippen LogP contribution in [0.1, 0.15) is 11.1 Å². The second kappa shape index (κ2) is 7.45. The van der Waals surface area contributed by atoms with Gasteiger partial charge in [-0.25, -0.2) is 4.98 Å². The molecule has 5 rings (SSSR count). The van der Waals surface area contributed by atoms with Crippen molar-refractivity contribution in [2.24, 2.45) is 4.99 Å². The zero-order chi connectivity index (χ0) is 20.8. The van der Waals surface area contributed by atoms with Crippen molar-refractivity contribution in [1.82, 2.24) is 9.97 Å². The van der Waals surface area contributed by atoms with Crippen LogP contribution in [0.15, 0.2) is 56.4 Å². The second-order valence-electron chi connectivity index (χ2n) is 6.92. The molecule has 0 fully saturated rings. The number of phenolic OH excluding ortho intramolecular Hbond substituents is 2. The lowest BCUT2D eigenvalue weighted by molar-refractivity contribution is 0.357. The molecule has 0 saturated heterocycles. The van der Waals surface area contributed by atoms with Gasteiger partial charge in [0, 0.05) is 23.8 Å². The van der Waals surface area contributed by atoms with Crippen LogP contribution in [0.25, 0.3) is 22.4 Å². The third-order valence-corrected chi connectivity index (χ3v) is 6.33. The Morgan fingerprint density at radius 2 is 1.93 bits per heavy atom. The highest BCUT2D eigenvalue weighted by molar-refractivity contribution is 9.11. The standard InChI is InChI=1S/C22H15Br2N3O3/c23-15-8-13(20(28)19(24)21(15)29)10-25-14-2-3-16-17(9-14)27-22(26-16)12-1-4-18-11(7-12)5-6-30-18/h1-4,7-10,28-29H,5-6H2,(H,26,27). The molecule has 150 valence electrons. The topological polar surface area (TPSA) is 90.7 Å². The normalized spacial score (nSPS) is 13.1. The van der Waals surface area contributed by atoms with Gasteiger partial charge in [-0.2, -0.15) is 0 Å². The molecule has 0 unspecified atom stereocenters. The van der Waals surface area contributed by atoms with E-state index in [-0.39, 0.29) is 16.0 Å². The summed E-state index contributed by atoms with van der Waals surface area (Å²) in [5.74, 6) is 1.60. The van der Waals surface area contributed by atoms with Crippen LogP contribution in [0, 0.1) is 0 Å². The maximum Gasteiger partial charge on any atom is 0.147 e. The van der Waals surface area contributed by atoms with E-state index in [4.69, 9.17) is 4.74 Å². The molecular formula is C22H15Br2N3O3. The highest BCUT2D eigenvalue weighted by atomic mass is 79.9. The minimum Gasteiger partial charge on any atom is -0.506 e. The van der Waals surface area contributed by atoms with E-state index in [0.29, 0.717) is 15.7 Å². The Bertz CT molecular complexity index is 1330. The summed E-state index contributed by atoms with van der Waals surface area (Å²) in [5.41, 5.74) is 5.11. The number of aliphatic imine (C=N–C) groups is 1. The van der Waals surface area contributed by atoms with Crippen LogP contribution in [0.5, 0.6) is 17.2 Å². The SMILES string of the molecule is Oc1c(Br)cc(C=Nc2ccc3nc(-c4ccc5c(c4)CCO5)[nH]c3c2)c(O)c1Br. The smallest absolute Gasteiger partial charge is 0.147 e. The van der Waals surface area contributed by atoms with Crippen molar-refractivity contribution < 1.29 is 14.9 Å². The number of hydrogen-bond acceptors (Lipinski definition) is 5. The number of aromatic hydroxyl groups is 2. The predicted molar refractivity (Wildman–Crippen MR) is 123 cm³/mol. The van der Waals surface area contributed by atoms with Crippen molar-refractivity contribution >= 4 is 54.8 Å². The van der Waals surface area contributed by atoms with E-state index < -0.39 is 0 Å². The fourth-order valence-electron chi connectivity index (χ4n) is 3.41. The number of fused-ring (bicyclic) bond motifs is 2. The lowest BCUT2D eigenvalue weighted by Gasteiger charge is -2.06. The van der Waals surface area contributed by atoms with Crippen molar-refractivity contribution in [1.29, 1.82) is 0 Å². The van der Waals surface area contributed by atoms with Crippen LogP contribution < -0.4 is 4.74 Å². The Labute approximate surface area is 188 Å². The molecule has 0 amide bonds. The number of imidazole rings is 1. The Balaban J connectivity index is 1.47. The molecule has 8 heteroatoms. The van der Waals surface area contributed by atoms with E-state index in [0.717, 1.165) is 41.2 Å². The largest absolute Gasteiger partial charge is 0.506 e. The number of ether oxygens (including phenoxy) is 1. The van der Waals surface area contributed by atoms with E-state index in [2.05, 4.69) is 52.9 Å². The van der Waals surface area contributed by atoms with E-state index in [1.165, 1.54) is 5.56 Å². The number of benzene rings is 3. The molecule has 4 aromatic rings. The summed E-state index contributed by atoms with van der Waals surface area (Å²) in [7, 11) is 0. The van der Waals surface area contributed by atoms with Gasteiger partial charge in [0.25, 0.3) is 0 Å². The lowest BCUT2D eigenvalue weighted by atomic mass is 10.1. The highest BCUT2D eigenvalue weighted by Crippen LogP contribution is 2.40. The van der Waals surface area contributed by atoms with Crippen LogP contribution in [-0.4, -0.2) is 33.0 Å². The molecule has 0 aliphatic carbocycles. The number of nitrogens with zero attached hydrogens (tertiary/aromatic N) is 2. The fourth-order valence-corrected chi connectivity index (χ4v) is 4.56. The molecule has 3 N–H and O–H groups in total. The summed E-state index contributed by atoms with van der Waals surface area (Å²) in [4.78, 5) is 12.5. The van der Waals surface area contributed by atoms with Crippen molar-refractivity contribution in [3.8, 4) is 28.6 Å². The van der Waals surface area contributed by atoms with Crippen LogP contribution in [0.4, 0.5) is 5.69 Å².